The molecule has 3 rings (SSSR count). The zero-order valence-corrected chi connectivity index (χ0v) is 12.2. The first-order chi connectivity index (χ1) is 10.3. The van der Waals surface area contributed by atoms with Gasteiger partial charge in [0, 0.05) is 30.9 Å². The fraction of sp³-hybridized carbons (Fsp3) is 0.438. The summed E-state index contributed by atoms with van der Waals surface area (Å²) in [4.78, 5) is 2.40. The van der Waals surface area contributed by atoms with Gasteiger partial charge in [0.15, 0.2) is 11.6 Å². The molecular formula is C16H20FN3O. The quantitative estimate of drug-likeness (QED) is 0.941. The molecule has 0 spiro atoms. The summed E-state index contributed by atoms with van der Waals surface area (Å²) in [6, 6.07) is 7.15. The highest BCUT2D eigenvalue weighted by atomic mass is 19.1. The Bertz CT molecular complexity index is 585. The van der Waals surface area contributed by atoms with E-state index in [0.717, 1.165) is 25.2 Å². The molecule has 2 heterocycles. The number of benzene rings is 1. The second kappa shape index (κ2) is 6.26. The number of nitrogens with zero attached hydrogens (tertiary/aromatic N) is 2. The van der Waals surface area contributed by atoms with Gasteiger partial charge in [-0.2, -0.15) is 5.10 Å². The highest BCUT2D eigenvalue weighted by molar-refractivity contribution is 5.30. The maximum atomic E-state index is 13.4. The molecule has 5 heteroatoms. The molecule has 1 aliphatic heterocycles. The first-order valence-electron chi connectivity index (χ1n) is 7.30. The number of methoxy groups -OCH3 is 1. The van der Waals surface area contributed by atoms with E-state index >= 15 is 0 Å². The van der Waals surface area contributed by atoms with Gasteiger partial charge in [0.1, 0.15) is 0 Å². The molecule has 0 saturated carbocycles. The van der Waals surface area contributed by atoms with Crippen molar-refractivity contribution in [1.82, 2.24) is 15.1 Å². The maximum Gasteiger partial charge on any atom is 0.165 e. The van der Waals surface area contributed by atoms with Crippen LogP contribution < -0.4 is 4.74 Å². The van der Waals surface area contributed by atoms with Crippen molar-refractivity contribution in [2.75, 3.05) is 20.2 Å². The Balaban J connectivity index is 1.67. The summed E-state index contributed by atoms with van der Waals surface area (Å²) in [6.45, 7) is 2.90. The number of ether oxygens (including phenoxy) is 1. The van der Waals surface area contributed by atoms with Gasteiger partial charge < -0.3 is 4.74 Å². The Morgan fingerprint density at radius 2 is 2.33 bits per heavy atom. The van der Waals surface area contributed by atoms with Gasteiger partial charge in [-0.1, -0.05) is 6.07 Å². The van der Waals surface area contributed by atoms with Crippen LogP contribution in [0.2, 0.25) is 0 Å². The summed E-state index contributed by atoms with van der Waals surface area (Å²) < 4.78 is 18.5. The van der Waals surface area contributed by atoms with Crippen molar-refractivity contribution < 1.29 is 9.13 Å². The van der Waals surface area contributed by atoms with Gasteiger partial charge in [-0.3, -0.25) is 10.00 Å². The molecule has 0 radical (unpaired) electrons. The summed E-state index contributed by atoms with van der Waals surface area (Å²) >= 11 is 0. The molecule has 4 nitrogen and oxygen atoms in total. The molecule has 1 N–H and O–H groups in total. The van der Waals surface area contributed by atoms with Crippen LogP contribution in [0.3, 0.4) is 0 Å². The number of aromatic nitrogens is 2. The minimum Gasteiger partial charge on any atom is -0.494 e. The Morgan fingerprint density at radius 1 is 1.43 bits per heavy atom. The summed E-state index contributed by atoms with van der Waals surface area (Å²) in [5, 5.41) is 7.11. The predicted octanol–water partition coefficient (Wildman–Crippen LogP) is 2.94. The molecular weight excluding hydrogens is 269 g/mol. The number of H-pyrrole nitrogens is 1. The number of nitrogens with one attached hydrogen (secondary N) is 1. The van der Waals surface area contributed by atoms with Crippen molar-refractivity contribution >= 4 is 0 Å². The van der Waals surface area contributed by atoms with Crippen molar-refractivity contribution in [2.45, 2.75) is 25.3 Å². The Kier molecular flexibility index (Phi) is 4.20. The Labute approximate surface area is 123 Å². The zero-order valence-electron chi connectivity index (χ0n) is 12.2. The molecule has 1 atom stereocenters. The second-order valence-corrected chi connectivity index (χ2v) is 5.56. The summed E-state index contributed by atoms with van der Waals surface area (Å²) in [5.41, 5.74) is 2.29. The molecule has 1 saturated heterocycles. The van der Waals surface area contributed by atoms with Gasteiger partial charge in [-0.15, -0.1) is 0 Å². The van der Waals surface area contributed by atoms with Gasteiger partial charge in [-0.05, 0) is 43.1 Å². The Morgan fingerprint density at radius 3 is 3.10 bits per heavy atom. The number of likely N-dealkylation sites (tertiary alicyclic amines) is 1. The molecule has 1 aromatic heterocycles. The molecule has 1 aliphatic rings. The number of hydrogen-bond donors (Lipinski definition) is 1. The van der Waals surface area contributed by atoms with Crippen molar-refractivity contribution in [2.24, 2.45) is 0 Å². The van der Waals surface area contributed by atoms with Crippen LogP contribution in [-0.2, 0) is 6.54 Å². The number of halogens is 1. The van der Waals surface area contributed by atoms with E-state index < -0.39 is 0 Å². The third kappa shape index (κ3) is 3.24. The molecule has 1 unspecified atom stereocenters. The third-order valence-corrected chi connectivity index (χ3v) is 4.09. The first-order valence-corrected chi connectivity index (χ1v) is 7.30. The standard InChI is InChI=1S/C16H20FN3O/c1-21-16-9-12(4-5-14(16)17)10-20-8-2-3-13(11-20)15-6-7-18-19-15/h4-7,9,13H,2-3,8,10-11H2,1H3,(H,18,19). The van der Waals surface area contributed by atoms with Gasteiger partial charge in [0.2, 0.25) is 0 Å². The number of rotatable bonds is 4. The number of aromatic amines is 1. The van der Waals surface area contributed by atoms with Crippen molar-refractivity contribution in [1.29, 1.82) is 0 Å². The second-order valence-electron chi connectivity index (χ2n) is 5.56. The average molecular weight is 289 g/mol. The molecule has 0 aliphatic carbocycles. The lowest BCUT2D eigenvalue weighted by atomic mass is 9.94. The smallest absolute Gasteiger partial charge is 0.165 e. The van der Waals surface area contributed by atoms with E-state index in [-0.39, 0.29) is 5.82 Å². The summed E-state index contributed by atoms with van der Waals surface area (Å²) in [7, 11) is 1.50. The zero-order chi connectivity index (χ0) is 14.7. The van der Waals surface area contributed by atoms with Gasteiger partial charge in [-0.25, -0.2) is 4.39 Å². The van der Waals surface area contributed by atoms with Crippen molar-refractivity contribution in [3.63, 3.8) is 0 Å². The van der Waals surface area contributed by atoms with Crippen LogP contribution >= 0.6 is 0 Å². The largest absolute Gasteiger partial charge is 0.494 e. The topological polar surface area (TPSA) is 41.1 Å². The average Bonchev–Trinajstić information content (AvgIpc) is 3.04. The molecule has 0 bridgehead atoms. The van der Waals surface area contributed by atoms with Crippen LogP contribution in [0.4, 0.5) is 4.39 Å². The lowest BCUT2D eigenvalue weighted by Gasteiger charge is -2.32. The van der Waals surface area contributed by atoms with Crippen LogP contribution in [0, 0.1) is 5.82 Å². The van der Waals surface area contributed by atoms with Crippen LogP contribution in [0.25, 0.3) is 0 Å². The van der Waals surface area contributed by atoms with E-state index in [9.17, 15) is 4.39 Å². The molecule has 21 heavy (non-hydrogen) atoms. The molecule has 1 fully saturated rings. The minimum absolute atomic E-state index is 0.310. The van der Waals surface area contributed by atoms with Gasteiger partial charge in [0.25, 0.3) is 0 Å². The molecule has 0 amide bonds. The van der Waals surface area contributed by atoms with Crippen LogP contribution in [0.15, 0.2) is 30.5 Å². The fourth-order valence-electron chi connectivity index (χ4n) is 3.01. The Hall–Kier alpha value is -1.88. The van der Waals surface area contributed by atoms with E-state index in [1.807, 2.05) is 6.07 Å². The van der Waals surface area contributed by atoms with Gasteiger partial charge in [0.05, 0.1) is 7.11 Å². The van der Waals surface area contributed by atoms with E-state index in [1.165, 1.54) is 31.7 Å². The third-order valence-electron chi connectivity index (χ3n) is 4.09. The van der Waals surface area contributed by atoms with Crippen molar-refractivity contribution in [3.8, 4) is 5.75 Å². The monoisotopic (exact) mass is 289 g/mol. The normalized spacial score (nSPS) is 19.6. The minimum atomic E-state index is -0.310. The molecule has 112 valence electrons. The fourth-order valence-corrected chi connectivity index (χ4v) is 3.01. The summed E-state index contributed by atoms with van der Waals surface area (Å²) in [5.74, 6) is 0.508. The maximum absolute atomic E-state index is 13.4. The van der Waals surface area contributed by atoms with Crippen LogP contribution in [-0.4, -0.2) is 35.3 Å². The van der Waals surface area contributed by atoms with Crippen LogP contribution in [0.5, 0.6) is 5.75 Å². The predicted molar refractivity (Wildman–Crippen MR) is 78.8 cm³/mol. The highest BCUT2D eigenvalue weighted by Gasteiger charge is 2.22. The van der Waals surface area contributed by atoms with Crippen LogP contribution in [0.1, 0.15) is 30.0 Å². The number of piperidine rings is 1. The summed E-state index contributed by atoms with van der Waals surface area (Å²) in [6.07, 6.45) is 4.16. The first kappa shape index (κ1) is 14.1. The van der Waals surface area contributed by atoms with Crippen molar-refractivity contribution in [3.05, 3.63) is 47.5 Å². The molecule has 1 aromatic carbocycles. The van der Waals surface area contributed by atoms with E-state index in [2.05, 4.69) is 21.2 Å². The van der Waals surface area contributed by atoms with Gasteiger partial charge >= 0.3 is 0 Å². The lowest BCUT2D eigenvalue weighted by Crippen LogP contribution is -2.34. The van der Waals surface area contributed by atoms with E-state index in [1.54, 1.807) is 12.3 Å². The molecule has 2 aromatic rings. The number of hydrogen-bond acceptors (Lipinski definition) is 3. The lowest BCUT2D eigenvalue weighted by molar-refractivity contribution is 0.198. The highest BCUT2D eigenvalue weighted by Crippen LogP contribution is 2.27. The SMILES string of the molecule is COc1cc(CN2CCCC(c3ccn[nH]3)C2)ccc1F. The van der Waals surface area contributed by atoms with E-state index in [4.69, 9.17) is 4.74 Å². The van der Waals surface area contributed by atoms with E-state index in [0.29, 0.717) is 11.7 Å².